The van der Waals surface area contributed by atoms with E-state index in [4.69, 9.17) is 5.11 Å². The molecule has 0 saturated carbocycles. The Balaban J connectivity index is 3.24. The van der Waals surface area contributed by atoms with Gasteiger partial charge >= 0.3 is 5.97 Å². The summed E-state index contributed by atoms with van der Waals surface area (Å²) in [6.45, 7) is 5.22. The molecular weight excluding hydrogens is 180 g/mol. The average molecular weight is 194 g/mol. The molecule has 1 aromatic rings. The Kier molecular flexibility index (Phi) is 2.79. The highest BCUT2D eigenvalue weighted by atomic mass is 16.4. The predicted octanol–water partition coefficient (Wildman–Crippen LogP) is 2.20. The topological polar surface area (TPSA) is 57.5 Å². The van der Waals surface area contributed by atoms with Gasteiger partial charge in [-0.2, -0.15) is 0 Å². The molecule has 3 heteroatoms. The summed E-state index contributed by atoms with van der Waals surface area (Å²) in [7, 11) is 0. The molecule has 3 nitrogen and oxygen atoms in total. The van der Waals surface area contributed by atoms with E-state index in [1.54, 1.807) is 19.9 Å². The number of carbonyl (C=O) groups is 1. The maximum atomic E-state index is 10.7. The van der Waals surface area contributed by atoms with Crippen molar-refractivity contribution in [3.05, 3.63) is 28.8 Å². The van der Waals surface area contributed by atoms with Gasteiger partial charge in [-0.05, 0) is 31.9 Å². The van der Waals surface area contributed by atoms with E-state index >= 15 is 0 Å². The van der Waals surface area contributed by atoms with Crippen molar-refractivity contribution in [1.29, 1.82) is 0 Å². The summed E-state index contributed by atoms with van der Waals surface area (Å²) in [6, 6.07) is 3.49. The number of benzene rings is 1. The van der Waals surface area contributed by atoms with Gasteiger partial charge in [0, 0.05) is 5.56 Å². The fourth-order valence-corrected chi connectivity index (χ4v) is 1.30. The molecule has 0 heterocycles. The highest BCUT2D eigenvalue weighted by Crippen LogP contribution is 2.30. The van der Waals surface area contributed by atoms with Gasteiger partial charge in [0.15, 0.2) is 0 Å². The molecule has 0 aliphatic heterocycles. The summed E-state index contributed by atoms with van der Waals surface area (Å²) in [5.41, 5.74) is 2.18. The molecule has 1 unspecified atom stereocenters. The quantitative estimate of drug-likeness (QED) is 0.758. The molecule has 0 fully saturated rings. The van der Waals surface area contributed by atoms with Crippen LogP contribution in [0, 0.1) is 13.8 Å². The van der Waals surface area contributed by atoms with E-state index in [9.17, 15) is 9.90 Å². The van der Waals surface area contributed by atoms with Crippen LogP contribution in [0.25, 0.3) is 0 Å². The minimum atomic E-state index is -0.927. The molecule has 76 valence electrons. The van der Waals surface area contributed by atoms with Gasteiger partial charge in [0.2, 0.25) is 0 Å². The molecule has 0 radical (unpaired) electrons. The van der Waals surface area contributed by atoms with Gasteiger partial charge in [-0.3, -0.25) is 4.79 Å². The Hall–Kier alpha value is -1.51. The lowest BCUT2D eigenvalue weighted by atomic mass is 9.96. The van der Waals surface area contributed by atoms with Crippen molar-refractivity contribution in [2.75, 3.05) is 0 Å². The second kappa shape index (κ2) is 3.70. The number of carboxylic acid groups (broad SMARTS) is 1. The molecular formula is C11H14O3. The average Bonchev–Trinajstić information content (AvgIpc) is 2.13. The van der Waals surface area contributed by atoms with Crippen LogP contribution in [0.4, 0.5) is 0 Å². The van der Waals surface area contributed by atoms with Crippen molar-refractivity contribution in [2.24, 2.45) is 0 Å². The molecule has 0 bridgehead atoms. The Morgan fingerprint density at radius 1 is 1.36 bits per heavy atom. The molecule has 0 saturated heterocycles. The molecule has 0 aliphatic carbocycles. The largest absolute Gasteiger partial charge is 0.507 e. The number of phenols is 1. The monoisotopic (exact) mass is 194 g/mol. The van der Waals surface area contributed by atoms with Gasteiger partial charge in [0.1, 0.15) is 5.75 Å². The highest BCUT2D eigenvalue weighted by Gasteiger charge is 2.18. The van der Waals surface area contributed by atoms with Crippen LogP contribution < -0.4 is 0 Å². The summed E-state index contributed by atoms with van der Waals surface area (Å²) >= 11 is 0. The maximum absolute atomic E-state index is 10.7. The third-order valence-corrected chi connectivity index (χ3v) is 2.57. The number of phenolic OH excluding ortho intramolecular Hbond substituents is 1. The van der Waals surface area contributed by atoms with E-state index in [1.165, 1.54) is 0 Å². The Morgan fingerprint density at radius 3 is 2.43 bits per heavy atom. The van der Waals surface area contributed by atoms with E-state index in [2.05, 4.69) is 0 Å². The third-order valence-electron chi connectivity index (χ3n) is 2.57. The van der Waals surface area contributed by atoms with Crippen LogP contribution in [0.2, 0.25) is 0 Å². The lowest BCUT2D eigenvalue weighted by Gasteiger charge is -2.12. The van der Waals surface area contributed by atoms with Crippen LogP contribution >= 0.6 is 0 Å². The molecule has 0 aromatic heterocycles. The standard InChI is InChI=1S/C11H14O3/c1-6-4-5-9(8(3)11(13)14)10(12)7(6)2/h4-5,8,12H,1-3H3,(H,13,14). The van der Waals surface area contributed by atoms with Crippen LogP contribution in [0.3, 0.4) is 0 Å². The molecule has 1 rings (SSSR count). The van der Waals surface area contributed by atoms with E-state index in [0.29, 0.717) is 5.56 Å². The van der Waals surface area contributed by atoms with E-state index in [-0.39, 0.29) is 5.75 Å². The SMILES string of the molecule is Cc1ccc(C(C)C(=O)O)c(O)c1C. The summed E-state index contributed by atoms with van der Waals surface area (Å²) in [4.78, 5) is 10.7. The Labute approximate surface area is 83.0 Å². The normalized spacial score (nSPS) is 12.5. The van der Waals surface area contributed by atoms with Crippen molar-refractivity contribution in [3.63, 3.8) is 0 Å². The maximum Gasteiger partial charge on any atom is 0.310 e. The second-order valence-corrected chi connectivity index (χ2v) is 3.51. The molecule has 0 aliphatic rings. The first-order valence-corrected chi connectivity index (χ1v) is 4.47. The van der Waals surface area contributed by atoms with Crippen molar-refractivity contribution in [1.82, 2.24) is 0 Å². The zero-order valence-electron chi connectivity index (χ0n) is 8.53. The lowest BCUT2D eigenvalue weighted by molar-refractivity contribution is -0.138. The number of hydrogen-bond acceptors (Lipinski definition) is 2. The number of carboxylic acids is 1. The summed E-state index contributed by atoms with van der Waals surface area (Å²) in [6.07, 6.45) is 0. The van der Waals surface area contributed by atoms with E-state index in [0.717, 1.165) is 11.1 Å². The minimum absolute atomic E-state index is 0.0971. The number of aliphatic carboxylic acids is 1. The smallest absolute Gasteiger partial charge is 0.310 e. The van der Waals surface area contributed by atoms with Crippen LogP contribution in [-0.4, -0.2) is 16.2 Å². The lowest BCUT2D eigenvalue weighted by Crippen LogP contribution is -2.08. The molecule has 1 aromatic carbocycles. The first-order valence-electron chi connectivity index (χ1n) is 4.47. The molecule has 2 N–H and O–H groups in total. The molecule has 14 heavy (non-hydrogen) atoms. The first kappa shape index (κ1) is 10.6. The molecule has 0 amide bonds. The summed E-state index contributed by atoms with van der Waals surface area (Å²) < 4.78 is 0. The highest BCUT2D eigenvalue weighted by molar-refractivity contribution is 5.77. The van der Waals surface area contributed by atoms with E-state index in [1.807, 2.05) is 13.0 Å². The Bertz CT molecular complexity index is 369. The van der Waals surface area contributed by atoms with Crippen LogP contribution in [0.1, 0.15) is 29.5 Å². The van der Waals surface area contributed by atoms with Gasteiger partial charge in [0.25, 0.3) is 0 Å². The molecule has 1 atom stereocenters. The van der Waals surface area contributed by atoms with Gasteiger partial charge < -0.3 is 10.2 Å². The van der Waals surface area contributed by atoms with E-state index < -0.39 is 11.9 Å². The van der Waals surface area contributed by atoms with Gasteiger partial charge in [0.05, 0.1) is 5.92 Å². The van der Waals surface area contributed by atoms with Gasteiger partial charge in [-0.15, -0.1) is 0 Å². The second-order valence-electron chi connectivity index (χ2n) is 3.51. The number of aromatic hydroxyl groups is 1. The van der Waals surface area contributed by atoms with Crippen molar-refractivity contribution >= 4 is 5.97 Å². The first-order chi connectivity index (χ1) is 6.45. The van der Waals surface area contributed by atoms with Crippen molar-refractivity contribution in [3.8, 4) is 5.75 Å². The van der Waals surface area contributed by atoms with Gasteiger partial charge in [-0.1, -0.05) is 12.1 Å². The number of rotatable bonds is 2. The third kappa shape index (κ3) is 1.71. The zero-order chi connectivity index (χ0) is 10.9. The number of hydrogen-bond donors (Lipinski definition) is 2. The van der Waals surface area contributed by atoms with Crippen LogP contribution in [0.15, 0.2) is 12.1 Å². The predicted molar refractivity (Wildman–Crippen MR) is 53.6 cm³/mol. The molecule has 0 spiro atoms. The fourth-order valence-electron chi connectivity index (χ4n) is 1.30. The zero-order valence-corrected chi connectivity index (χ0v) is 8.53. The minimum Gasteiger partial charge on any atom is -0.507 e. The Morgan fingerprint density at radius 2 is 1.93 bits per heavy atom. The summed E-state index contributed by atoms with van der Waals surface area (Å²) in [5, 5.41) is 18.5. The van der Waals surface area contributed by atoms with Crippen LogP contribution in [-0.2, 0) is 4.79 Å². The number of aryl methyl sites for hydroxylation is 1. The van der Waals surface area contributed by atoms with Gasteiger partial charge in [-0.25, -0.2) is 0 Å². The van der Waals surface area contributed by atoms with Crippen molar-refractivity contribution in [2.45, 2.75) is 26.7 Å². The fraction of sp³-hybridized carbons (Fsp3) is 0.364. The van der Waals surface area contributed by atoms with Crippen molar-refractivity contribution < 1.29 is 15.0 Å². The summed E-state index contributed by atoms with van der Waals surface area (Å²) in [5.74, 6) is -1.50. The van der Waals surface area contributed by atoms with Crippen LogP contribution in [0.5, 0.6) is 5.75 Å².